The third-order valence-electron chi connectivity index (χ3n) is 4.49. The monoisotopic (exact) mass is 352 g/mol. The predicted octanol–water partition coefficient (Wildman–Crippen LogP) is 5.39. The van der Waals surface area contributed by atoms with Crippen LogP contribution >= 0.6 is 0 Å². The Morgan fingerprint density at radius 2 is 0.926 bits per heavy atom. The van der Waals surface area contributed by atoms with Gasteiger partial charge in [0, 0.05) is 47.0 Å². The van der Waals surface area contributed by atoms with E-state index in [-0.39, 0.29) is 0 Å². The summed E-state index contributed by atoms with van der Waals surface area (Å²) >= 11 is 0. The van der Waals surface area contributed by atoms with Gasteiger partial charge in [-0.1, -0.05) is 48.5 Å². The molecular formula is C22H16N4O. The first-order chi connectivity index (χ1) is 13.4. The molecule has 0 fully saturated rings. The molecule has 3 heterocycles. The quantitative estimate of drug-likeness (QED) is 0.455. The van der Waals surface area contributed by atoms with Crippen molar-refractivity contribution < 1.29 is 4.42 Å². The topological polar surface area (TPSA) is 70.5 Å². The van der Waals surface area contributed by atoms with Crippen LogP contribution in [0.2, 0.25) is 0 Å². The summed E-state index contributed by atoms with van der Waals surface area (Å²) in [4.78, 5) is 14.8. The first kappa shape index (κ1) is 15.4. The maximum absolute atomic E-state index is 6.07. The molecule has 5 heteroatoms. The van der Waals surface area contributed by atoms with Crippen molar-refractivity contribution in [1.29, 1.82) is 0 Å². The molecule has 0 aliphatic carbocycles. The summed E-state index contributed by atoms with van der Waals surface area (Å²) in [7, 11) is 0. The third-order valence-corrected chi connectivity index (χ3v) is 4.49. The van der Waals surface area contributed by atoms with Crippen molar-refractivity contribution in [3.63, 3.8) is 0 Å². The molecule has 0 spiro atoms. The molecule has 0 aliphatic heterocycles. The molecule has 5 aromatic rings. The minimum atomic E-state index is 0.839. The van der Waals surface area contributed by atoms with E-state index in [4.69, 9.17) is 4.42 Å². The van der Waals surface area contributed by atoms with Gasteiger partial charge in [-0.2, -0.15) is 0 Å². The van der Waals surface area contributed by atoms with Gasteiger partial charge in [-0.15, -0.1) is 0 Å². The number of imidazole rings is 2. The van der Waals surface area contributed by atoms with Crippen LogP contribution in [0.3, 0.4) is 0 Å². The highest BCUT2D eigenvalue weighted by atomic mass is 16.3. The summed E-state index contributed by atoms with van der Waals surface area (Å²) in [6, 6.07) is 20.3. The van der Waals surface area contributed by atoms with E-state index in [1.165, 1.54) is 0 Å². The van der Waals surface area contributed by atoms with Gasteiger partial charge in [0.1, 0.15) is 23.2 Å². The molecule has 5 nitrogen and oxygen atoms in total. The fraction of sp³-hybridized carbons (Fsp3) is 0. The Morgan fingerprint density at radius 3 is 1.30 bits per heavy atom. The number of furan rings is 1. The molecule has 0 amide bonds. The minimum Gasteiger partial charge on any atom is -0.456 e. The van der Waals surface area contributed by atoms with Crippen LogP contribution < -0.4 is 0 Å². The third kappa shape index (κ3) is 2.95. The number of hydrogen-bond donors (Lipinski definition) is 2. The molecule has 27 heavy (non-hydrogen) atoms. The Bertz CT molecular complexity index is 1040. The predicted molar refractivity (Wildman–Crippen MR) is 105 cm³/mol. The number of aromatic nitrogens is 4. The molecule has 2 N–H and O–H groups in total. The summed E-state index contributed by atoms with van der Waals surface area (Å²) in [6.07, 6.45) is 7.14. The number of aromatic amines is 2. The van der Waals surface area contributed by atoms with Gasteiger partial charge in [-0.05, 0) is 12.1 Å². The standard InChI is InChI=1S/C22H16N4O/c1-5-17(21-23-11-12-24-21)6-2-15(1)19-9-10-20(27-19)16-3-7-18(8-4-16)22-25-13-14-26-22/h1-14H,(H,23,24)(H,25,26). The fourth-order valence-corrected chi connectivity index (χ4v) is 3.08. The molecule has 0 unspecified atom stereocenters. The smallest absolute Gasteiger partial charge is 0.137 e. The van der Waals surface area contributed by atoms with Gasteiger partial charge in [0.15, 0.2) is 0 Å². The molecule has 0 atom stereocenters. The van der Waals surface area contributed by atoms with Crippen LogP contribution in [0.4, 0.5) is 0 Å². The highest BCUT2D eigenvalue weighted by Crippen LogP contribution is 2.30. The molecule has 0 saturated heterocycles. The average Bonchev–Trinajstić information content (AvgIpc) is 3.51. The summed E-state index contributed by atoms with van der Waals surface area (Å²) in [6.45, 7) is 0. The Labute approximate surface area is 155 Å². The van der Waals surface area contributed by atoms with E-state index in [1.54, 1.807) is 12.4 Å². The van der Waals surface area contributed by atoms with Crippen molar-refractivity contribution in [3.8, 4) is 45.4 Å². The van der Waals surface area contributed by atoms with Crippen LogP contribution in [0.25, 0.3) is 45.4 Å². The normalized spacial score (nSPS) is 11.0. The summed E-state index contributed by atoms with van der Waals surface area (Å²) < 4.78 is 6.07. The Kier molecular flexibility index (Phi) is 3.68. The number of H-pyrrole nitrogens is 2. The molecule has 0 saturated carbocycles. The lowest BCUT2D eigenvalue weighted by Gasteiger charge is -2.02. The van der Waals surface area contributed by atoms with Gasteiger partial charge in [0.25, 0.3) is 0 Å². The second-order valence-electron chi connectivity index (χ2n) is 6.19. The Balaban J connectivity index is 1.39. The maximum Gasteiger partial charge on any atom is 0.137 e. The zero-order chi connectivity index (χ0) is 18.1. The molecule has 0 aliphatic rings. The molecule has 0 radical (unpaired) electrons. The Hall–Kier alpha value is -3.86. The fourth-order valence-electron chi connectivity index (χ4n) is 3.08. The van der Waals surface area contributed by atoms with E-state index in [0.29, 0.717) is 0 Å². The molecular weight excluding hydrogens is 336 g/mol. The summed E-state index contributed by atoms with van der Waals surface area (Å²) in [5.74, 6) is 3.40. The first-order valence-electron chi connectivity index (χ1n) is 8.67. The van der Waals surface area contributed by atoms with Gasteiger partial charge in [0.05, 0.1) is 0 Å². The Morgan fingerprint density at radius 1 is 0.519 bits per heavy atom. The highest BCUT2D eigenvalue weighted by molar-refractivity contribution is 5.69. The SMILES string of the molecule is c1c[nH]c(-c2ccc(-c3ccc(-c4ccc(-c5ncc[nH]5)cc4)o3)cc2)n1. The average molecular weight is 352 g/mol. The molecule has 130 valence electrons. The van der Waals surface area contributed by atoms with Crippen LogP contribution in [0.1, 0.15) is 0 Å². The van der Waals surface area contributed by atoms with E-state index in [0.717, 1.165) is 45.4 Å². The van der Waals surface area contributed by atoms with E-state index >= 15 is 0 Å². The molecule has 2 aromatic carbocycles. The maximum atomic E-state index is 6.07. The minimum absolute atomic E-state index is 0.839. The highest BCUT2D eigenvalue weighted by Gasteiger charge is 2.09. The van der Waals surface area contributed by atoms with Crippen LogP contribution in [0.5, 0.6) is 0 Å². The lowest BCUT2D eigenvalue weighted by Crippen LogP contribution is -1.81. The summed E-state index contributed by atoms with van der Waals surface area (Å²) in [5, 5.41) is 0. The van der Waals surface area contributed by atoms with E-state index in [1.807, 2.05) is 73.1 Å². The van der Waals surface area contributed by atoms with Crippen LogP contribution in [-0.4, -0.2) is 19.9 Å². The van der Waals surface area contributed by atoms with Gasteiger partial charge in [-0.25, -0.2) is 9.97 Å². The number of nitrogens with one attached hydrogen (secondary N) is 2. The molecule has 5 rings (SSSR count). The number of rotatable bonds is 4. The molecule has 0 bridgehead atoms. The largest absolute Gasteiger partial charge is 0.456 e. The van der Waals surface area contributed by atoms with E-state index in [9.17, 15) is 0 Å². The second-order valence-corrected chi connectivity index (χ2v) is 6.19. The van der Waals surface area contributed by atoms with Crippen LogP contribution in [-0.2, 0) is 0 Å². The lowest BCUT2D eigenvalue weighted by atomic mass is 10.1. The number of nitrogens with zero attached hydrogens (tertiary/aromatic N) is 2. The van der Waals surface area contributed by atoms with Gasteiger partial charge in [-0.3, -0.25) is 0 Å². The van der Waals surface area contributed by atoms with Gasteiger partial charge in [0.2, 0.25) is 0 Å². The molecule has 3 aromatic heterocycles. The first-order valence-corrected chi connectivity index (χ1v) is 8.67. The van der Waals surface area contributed by atoms with Gasteiger partial charge < -0.3 is 14.4 Å². The lowest BCUT2D eigenvalue weighted by molar-refractivity contribution is 0.597. The van der Waals surface area contributed by atoms with Crippen molar-refractivity contribution in [1.82, 2.24) is 19.9 Å². The zero-order valence-corrected chi connectivity index (χ0v) is 14.4. The summed E-state index contributed by atoms with van der Waals surface area (Å²) in [5.41, 5.74) is 4.15. The zero-order valence-electron chi connectivity index (χ0n) is 14.4. The van der Waals surface area contributed by atoms with E-state index in [2.05, 4.69) is 19.9 Å². The van der Waals surface area contributed by atoms with Gasteiger partial charge >= 0.3 is 0 Å². The second kappa shape index (κ2) is 6.46. The van der Waals surface area contributed by atoms with Crippen molar-refractivity contribution in [2.75, 3.05) is 0 Å². The van der Waals surface area contributed by atoms with Crippen LogP contribution in [0.15, 0.2) is 89.9 Å². The van der Waals surface area contributed by atoms with Crippen molar-refractivity contribution in [2.45, 2.75) is 0 Å². The van der Waals surface area contributed by atoms with Crippen molar-refractivity contribution in [2.24, 2.45) is 0 Å². The number of hydrogen-bond acceptors (Lipinski definition) is 3. The van der Waals surface area contributed by atoms with Crippen molar-refractivity contribution >= 4 is 0 Å². The van der Waals surface area contributed by atoms with Crippen molar-refractivity contribution in [3.05, 3.63) is 85.5 Å². The number of benzene rings is 2. The van der Waals surface area contributed by atoms with Crippen LogP contribution in [0, 0.1) is 0 Å². The van der Waals surface area contributed by atoms with E-state index < -0.39 is 0 Å².